The van der Waals surface area contributed by atoms with E-state index in [2.05, 4.69) is 61.8 Å². The molecule has 102 valence electrons. The zero-order valence-electron chi connectivity index (χ0n) is 12.0. The molecule has 0 radical (unpaired) electrons. The Morgan fingerprint density at radius 2 is 1.94 bits per heavy atom. The summed E-state index contributed by atoms with van der Waals surface area (Å²) in [5.74, 6) is 1.83. The maximum atomic E-state index is 5.90. The van der Waals surface area contributed by atoms with Crippen LogP contribution in [-0.4, -0.2) is 11.4 Å². The number of hydrogen-bond donors (Lipinski definition) is 0. The van der Waals surface area contributed by atoms with Crippen molar-refractivity contribution >= 4 is 15.9 Å². The van der Waals surface area contributed by atoms with Gasteiger partial charge in [0.25, 0.3) is 0 Å². The van der Waals surface area contributed by atoms with Gasteiger partial charge in [0.05, 0.1) is 0 Å². The van der Waals surface area contributed by atoms with Crippen molar-refractivity contribution < 1.29 is 4.74 Å². The van der Waals surface area contributed by atoms with Crippen LogP contribution in [0.3, 0.4) is 0 Å². The summed E-state index contributed by atoms with van der Waals surface area (Å²) in [7, 11) is 0. The highest BCUT2D eigenvalue weighted by atomic mass is 79.9. The second-order valence-corrected chi connectivity index (χ2v) is 6.56. The van der Waals surface area contributed by atoms with Crippen LogP contribution >= 0.6 is 15.9 Å². The molecular weight excluding hydrogens is 288 g/mol. The molecule has 2 heteroatoms. The summed E-state index contributed by atoms with van der Waals surface area (Å²) in [6.45, 7) is 9.50. The maximum absolute atomic E-state index is 5.90. The summed E-state index contributed by atoms with van der Waals surface area (Å²) in [5, 5.41) is 0. The van der Waals surface area contributed by atoms with Crippen molar-refractivity contribution in [3.63, 3.8) is 0 Å². The molecule has 0 spiro atoms. The molecule has 2 unspecified atom stereocenters. The molecule has 0 aliphatic carbocycles. The molecule has 0 saturated heterocycles. The van der Waals surface area contributed by atoms with Crippen LogP contribution in [0.4, 0.5) is 0 Å². The van der Waals surface area contributed by atoms with Gasteiger partial charge in [0.1, 0.15) is 12.4 Å². The zero-order valence-corrected chi connectivity index (χ0v) is 13.6. The molecule has 1 nitrogen and oxygen atoms in total. The lowest BCUT2D eigenvalue weighted by molar-refractivity contribution is 0.306. The van der Waals surface area contributed by atoms with Crippen molar-refractivity contribution in [2.75, 3.05) is 6.61 Å². The Morgan fingerprint density at radius 3 is 2.61 bits per heavy atom. The summed E-state index contributed by atoms with van der Waals surface area (Å²) >= 11 is 3.71. The van der Waals surface area contributed by atoms with E-state index < -0.39 is 0 Å². The first-order valence-electron chi connectivity index (χ1n) is 6.87. The summed E-state index contributed by atoms with van der Waals surface area (Å²) < 4.78 is 5.90. The number of alkyl halides is 1. The van der Waals surface area contributed by atoms with Crippen LogP contribution in [0.1, 0.15) is 44.2 Å². The van der Waals surface area contributed by atoms with Crippen molar-refractivity contribution in [2.24, 2.45) is 5.92 Å². The minimum Gasteiger partial charge on any atom is -0.492 e. The van der Waals surface area contributed by atoms with E-state index in [1.165, 1.54) is 30.4 Å². The van der Waals surface area contributed by atoms with Crippen molar-refractivity contribution in [1.29, 1.82) is 0 Å². The lowest BCUT2D eigenvalue weighted by Gasteiger charge is -2.15. The standard InChI is InChI=1S/C16H25BrO/c1-5-12(2)7-9-15(17)11-18-16-10-13(3)6-8-14(16)4/h6,8,10,12,15H,5,7,9,11H2,1-4H3. The maximum Gasteiger partial charge on any atom is 0.122 e. The number of halogens is 1. The van der Waals surface area contributed by atoms with Crippen LogP contribution in [0.25, 0.3) is 0 Å². The number of benzene rings is 1. The van der Waals surface area contributed by atoms with E-state index >= 15 is 0 Å². The third-order valence-electron chi connectivity index (χ3n) is 3.43. The monoisotopic (exact) mass is 312 g/mol. The number of ether oxygens (including phenoxy) is 1. The third kappa shape index (κ3) is 5.43. The first-order valence-corrected chi connectivity index (χ1v) is 7.78. The molecule has 2 atom stereocenters. The van der Waals surface area contributed by atoms with Gasteiger partial charge >= 0.3 is 0 Å². The Bertz CT molecular complexity index is 362. The molecule has 0 amide bonds. The van der Waals surface area contributed by atoms with E-state index in [0.29, 0.717) is 4.83 Å². The van der Waals surface area contributed by atoms with E-state index in [1.807, 2.05) is 0 Å². The highest BCUT2D eigenvalue weighted by Crippen LogP contribution is 2.21. The second-order valence-electron chi connectivity index (χ2n) is 5.27. The average molecular weight is 313 g/mol. The predicted octanol–water partition coefficient (Wildman–Crippen LogP) is 5.27. The van der Waals surface area contributed by atoms with E-state index in [1.54, 1.807) is 0 Å². The molecule has 0 aliphatic heterocycles. The third-order valence-corrected chi connectivity index (χ3v) is 4.16. The quantitative estimate of drug-likeness (QED) is 0.623. The average Bonchev–Trinajstić information content (AvgIpc) is 2.36. The van der Waals surface area contributed by atoms with Crippen LogP contribution in [-0.2, 0) is 0 Å². The van der Waals surface area contributed by atoms with Crippen molar-refractivity contribution in [3.8, 4) is 5.75 Å². The van der Waals surface area contributed by atoms with Crippen LogP contribution in [0.2, 0.25) is 0 Å². The van der Waals surface area contributed by atoms with Crippen molar-refractivity contribution in [3.05, 3.63) is 29.3 Å². The van der Waals surface area contributed by atoms with Gasteiger partial charge in [-0.15, -0.1) is 0 Å². The van der Waals surface area contributed by atoms with E-state index in [-0.39, 0.29) is 0 Å². The summed E-state index contributed by atoms with van der Waals surface area (Å²) in [4.78, 5) is 0.450. The molecule has 0 aliphatic rings. The molecule has 1 aromatic rings. The fraction of sp³-hybridized carbons (Fsp3) is 0.625. The zero-order chi connectivity index (χ0) is 13.5. The molecule has 1 rings (SSSR count). The predicted molar refractivity (Wildman–Crippen MR) is 82.8 cm³/mol. The fourth-order valence-electron chi connectivity index (χ4n) is 1.80. The summed E-state index contributed by atoms with van der Waals surface area (Å²) in [6.07, 6.45) is 3.71. The largest absolute Gasteiger partial charge is 0.492 e. The molecular formula is C16H25BrO. The van der Waals surface area contributed by atoms with Gasteiger partial charge in [-0.3, -0.25) is 0 Å². The second kappa shape index (κ2) is 7.83. The lowest BCUT2D eigenvalue weighted by atomic mass is 10.0. The topological polar surface area (TPSA) is 9.23 Å². The smallest absolute Gasteiger partial charge is 0.122 e. The minimum absolute atomic E-state index is 0.450. The van der Waals surface area contributed by atoms with E-state index in [9.17, 15) is 0 Å². The minimum atomic E-state index is 0.450. The molecule has 0 aromatic heterocycles. The van der Waals surface area contributed by atoms with Gasteiger partial charge in [0.15, 0.2) is 0 Å². The van der Waals surface area contributed by atoms with Gasteiger partial charge in [0.2, 0.25) is 0 Å². The molecule has 0 N–H and O–H groups in total. The van der Waals surface area contributed by atoms with Gasteiger partial charge in [0, 0.05) is 4.83 Å². The molecule has 18 heavy (non-hydrogen) atoms. The highest BCUT2D eigenvalue weighted by Gasteiger charge is 2.09. The fourth-order valence-corrected chi connectivity index (χ4v) is 2.19. The Kier molecular flexibility index (Phi) is 6.77. The normalized spacial score (nSPS) is 14.3. The van der Waals surface area contributed by atoms with Crippen LogP contribution in [0.15, 0.2) is 18.2 Å². The van der Waals surface area contributed by atoms with Gasteiger partial charge in [-0.05, 0) is 49.8 Å². The molecule has 0 bridgehead atoms. The first-order chi connectivity index (χ1) is 8.52. The summed E-state index contributed by atoms with van der Waals surface area (Å²) in [5.41, 5.74) is 2.46. The number of hydrogen-bond acceptors (Lipinski definition) is 1. The molecule has 0 saturated carbocycles. The molecule has 1 aromatic carbocycles. The molecule has 0 heterocycles. The van der Waals surface area contributed by atoms with Crippen molar-refractivity contribution in [2.45, 2.75) is 51.8 Å². The van der Waals surface area contributed by atoms with E-state index in [4.69, 9.17) is 4.74 Å². The van der Waals surface area contributed by atoms with Gasteiger partial charge in [-0.2, -0.15) is 0 Å². The van der Waals surface area contributed by atoms with Crippen LogP contribution < -0.4 is 4.74 Å². The highest BCUT2D eigenvalue weighted by molar-refractivity contribution is 9.09. The Hall–Kier alpha value is -0.500. The van der Waals surface area contributed by atoms with Gasteiger partial charge in [-0.1, -0.05) is 48.3 Å². The lowest BCUT2D eigenvalue weighted by Crippen LogP contribution is -2.13. The Balaban J connectivity index is 2.37. The molecule has 0 fully saturated rings. The van der Waals surface area contributed by atoms with E-state index in [0.717, 1.165) is 18.3 Å². The Labute approximate surface area is 120 Å². The first kappa shape index (κ1) is 15.6. The van der Waals surface area contributed by atoms with Gasteiger partial charge in [-0.25, -0.2) is 0 Å². The number of rotatable bonds is 7. The Morgan fingerprint density at radius 1 is 1.22 bits per heavy atom. The number of aryl methyl sites for hydroxylation is 2. The summed E-state index contributed by atoms with van der Waals surface area (Å²) in [6, 6.07) is 6.35. The van der Waals surface area contributed by atoms with Crippen LogP contribution in [0, 0.1) is 19.8 Å². The van der Waals surface area contributed by atoms with Gasteiger partial charge < -0.3 is 4.74 Å². The van der Waals surface area contributed by atoms with Crippen LogP contribution in [0.5, 0.6) is 5.75 Å². The van der Waals surface area contributed by atoms with Crippen molar-refractivity contribution in [1.82, 2.24) is 0 Å². The SMILES string of the molecule is CCC(C)CCC(Br)COc1cc(C)ccc1C.